The van der Waals surface area contributed by atoms with Crippen LogP contribution >= 0.6 is 15.9 Å². The minimum atomic E-state index is -0.410. The second-order valence-electron chi connectivity index (χ2n) is 4.71. The van der Waals surface area contributed by atoms with E-state index in [4.69, 9.17) is 0 Å². The van der Waals surface area contributed by atoms with Gasteiger partial charge in [-0.25, -0.2) is 4.98 Å². The monoisotopic (exact) mass is 328 g/mol. The van der Waals surface area contributed by atoms with Crippen molar-refractivity contribution in [1.29, 1.82) is 0 Å². The van der Waals surface area contributed by atoms with Gasteiger partial charge in [-0.1, -0.05) is 0 Å². The average molecular weight is 329 g/mol. The van der Waals surface area contributed by atoms with Crippen LogP contribution in [0, 0.1) is 17.0 Å². The summed E-state index contributed by atoms with van der Waals surface area (Å²) in [4.78, 5) is 14.6. The van der Waals surface area contributed by atoms with Crippen molar-refractivity contribution in [1.82, 2.24) is 10.3 Å². The van der Waals surface area contributed by atoms with Gasteiger partial charge in [-0.05, 0) is 55.2 Å². The van der Waals surface area contributed by atoms with Crippen molar-refractivity contribution in [3.05, 3.63) is 26.3 Å². The Hall–Kier alpha value is -1.21. The summed E-state index contributed by atoms with van der Waals surface area (Å²) in [5, 5.41) is 17.6. The van der Waals surface area contributed by atoms with Gasteiger partial charge in [-0.3, -0.25) is 10.1 Å². The van der Waals surface area contributed by atoms with E-state index in [0.29, 0.717) is 21.9 Å². The zero-order valence-electron chi connectivity index (χ0n) is 10.8. The van der Waals surface area contributed by atoms with Gasteiger partial charge in [0.25, 0.3) is 5.69 Å². The highest BCUT2D eigenvalue weighted by molar-refractivity contribution is 9.10. The summed E-state index contributed by atoms with van der Waals surface area (Å²) in [7, 11) is 0. The van der Waals surface area contributed by atoms with Crippen LogP contribution in [0.5, 0.6) is 0 Å². The summed E-state index contributed by atoms with van der Waals surface area (Å²) in [6.45, 7) is 3.76. The molecule has 2 N–H and O–H groups in total. The highest BCUT2D eigenvalue weighted by Gasteiger charge is 2.19. The van der Waals surface area contributed by atoms with Crippen LogP contribution in [0.2, 0.25) is 0 Å². The highest BCUT2D eigenvalue weighted by Crippen LogP contribution is 2.31. The van der Waals surface area contributed by atoms with E-state index in [0.717, 1.165) is 32.4 Å². The van der Waals surface area contributed by atoms with E-state index in [9.17, 15) is 10.1 Å². The normalized spacial score (nSPS) is 19.8. The molecule has 6 nitrogen and oxygen atoms in total. The summed E-state index contributed by atoms with van der Waals surface area (Å²) in [6, 6.07) is 0.361. The Morgan fingerprint density at radius 3 is 3.05 bits per heavy atom. The Morgan fingerprint density at radius 1 is 1.53 bits per heavy atom. The molecule has 0 saturated carbocycles. The second kappa shape index (κ2) is 6.29. The van der Waals surface area contributed by atoms with Crippen molar-refractivity contribution < 1.29 is 4.92 Å². The van der Waals surface area contributed by atoms with Crippen LogP contribution in [0.25, 0.3) is 0 Å². The number of hydrogen-bond acceptors (Lipinski definition) is 5. The van der Waals surface area contributed by atoms with Crippen LogP contribution in [-0.2, 0) is 0 Å². The molecule has 0 bridgehead atoms. The predicted molar refractivity (Wildman–Crippen MR) is 77.5 cm³/mol. The smallest absolute Gasteiger partial charge is 0.291 e. The Balaban J connectivity index is 2.16. The van der Waals surface area contributed by atoms with Crippen molar-refractivity contribution in [3.63, 3.8) is 0 Å². The lowest BCUT2D eigenvalue weighted by Crippen LogP contribution is -2.22. The van der Waals surface area contributed by atoms with Gasteiger partial charge in [0.05, 0.1) is 9.40 Å². The molecule has 1 fully saturated rings. The van der Waals surface area contributed by atoms with Gasteiger partial charge in [0.15, 0.2) is 0 Å². The fourth-order valence-electron chi connectivity index (χ4n) is 2.21. The molecule has 1 aromatic rings. The Bertz CT molecular complexity index is 473. The van der Waals surface area contributed by atoms with E-state index in [-0.39, 0.29) is 5.69 Å². The third-order valence-electron chi connectivity index (χ3n) is 3.35. The summed E-state index contributed by atoms with van der Waals surface area (Å²) >= 11 is 3.40. The van der Waals surface area contributed by atoms with Crippen LogP contribution in [0.4, 0.5) is 11.5 Å². The van der Waals surface area contributed by atoms with Gasteiger partial charge >= 0.3 is 0 Å². The fraction of sp³-hybridized carbons (Fsp3) is 0.583. The molecule has 2 rings (SSSR count). The lowest BCUT2D eigenvalue weighted by atomic mass is 10.1. The molecule has 1 aliphatic heterocycles. The standard InChI is InChI=1S/C12H17BrN4O2/c1-8-10(17(18)19)7-15-12(11(8)13)16-9-3-2-5-14-6-4-9/h7,9,14H,2-6H2,1H3,(H,15,16). The minimum absolute atomic E-state index is 0.0416. The van der Waals surface area contributed by atoms with E-state index < -0.39 is 4.92 Å². The Kier molecular flexibility index (Phi) is 4.71. The van der Waals surface area contributed by atoms with E-state index in [1.807, 2.05) is 0 Å². The molecule has 1 atom stereocenters. The molecule has 2 heterocycles. The summed E-state index contributed by atoms with van der Waals surface area (Å²) in [5.74, 6) is 0.690. The molecule has 0 spiro atoms. The van der Waals surface area contributed by atoms with Crippen molar-refractivity contribution in [2.24, 2.45) is 0 Å². The molecule has 104 valence electrons. The first-order valence-electron chi connectivity index (χ1n) is 6.36. The predicted octanol–water partition coefficient (Wildman–Crippen LogP) is 2.61. The van der Waals surface area contributed by atoms with Crippen molar-refractivity contribution in [2.75, 3.05) is 18.4 Å². The zero-order valence-corrected chi connectivity index (χ0v) is 12.4. The van der Waals surface area contributed by atoms with Crippen molar-refractivity contribution in [2.45, 2.75) is 32.2 Å². The van der Waals surface area contributed by atoms with E-state index >= 15 is 0 Å². The first kappa shape index (κ1) is 14.2. The SMILES string of the molecule is Cc1c([N+](=O)[O-])cnc(NC2CCCNCC2)c1Br. The van der Waals surface area contributed by atoms with Gasteiger partial charge < -0.3 is 10.6 Å². The molecule has 7 heteroatoms. The Morgan fingerprint density at radius 2 is 2.32 bits per heavy atom. The van der Waals surface area contributed by atoms with E-state index in [1.165, 1.54) is 6.20 Å². The highest BCUT2D eigenvalue weighted by atomic mass is 79.9. The molecule has 0 aromatic carbocycles. The fourth-order valence-corrected chi connectivity index (χ4v) is 2.63. The molecule has 1 unspecified atom stereocenters. The molecular weight excluding hydrogens is 312 g/mol. The summed E-state index contributed by atoms with van der Waals surface area (Å²) < 4.78 is 0.680. The van der Waals surface area contributed by atoms with Crippen molar-refractivity contribution >= 4 is 27.4 Å². The van der Waals surface area contributed by atoms with Gasteiger partial charge in [-0.2, -0.15) is 0 Å². The van der Waals surface area contributed by atoms with Gasteiger partial charge in [0.2, 0.25) is 0 Å². The van der Waals surface area contributed by atoms with Crippen LogP contribution in [-0.4, -0.2) is 29.0 Å². The molecule has 1 aromatic heterocycles. The molecular formula is C12H17BrN4O2. The lowest BCUT2D eigenvalue weighted by molar-refractivity contribution is -0.385. The van der Waals surface area contributed by atoms with Crippen LogP contribution < -0.4 is 10.6 Å². The molecule has 0 amide bonds. The van der Waals surface area contributed by atoms with Gasteiger partial charge in [0, 0.05) is 11.6 Å². The quantitative estimate of drug-likeness (QED) is 0.658. The summed E-state index contributed by atoms with van der Waals surface area (Å²) in [5.41, 5.74) is 0.647. The number of pyridine rings is 1. The summed E-state index contributed by atoms with van der Waals surface area (Å²) in [6.07, 6.45) is 4.56. The van der Waals surface area contributed by atoms with Crippen LogP contribution in [0.1, 0.15) is 24.8 Å². The number of nitro groups is 1. The van der Waals surface area contributed by atoms with Gasteiger partial charge in [-0.15, -0.1) is 0 Å². The minimum Gasteiger partial charge on any atom is -0.366 e. The number of rotatable bonds is 3. The zero-order chi connectivity index (χ0) is 13.8. The van der Waals surface area contributed by atoms with E-state index in [2.05, 4.69) is 31.5 Å². The third kappa shape index (κ3) is 3.42. The number of aromatic nitrogens is 1. The first-order valence-corrected chi connectivity index (χ1v) is 7.15. The Labute approximate surface area is 120 Å². The molecule has 1 aliphatic rings. The number of halogens is 1. The van der Waals surface area contributed by atoms with Crippen LogP contribution in [0.3, 0.4) is 0 Å². The lowest BCUT2D eigenvalue weighted by Gasteiger charge is -2.18. The maximum absolute atomic E-state index is 10.8. The average Bonchev–Trinajstić information content (AvgIpc) is 2.63. The number of anilines is 1. The number of nitrogens with zero attached hydrogens (tertiary/aromatic N) is 2. The maximum Gasteiger partial charge on any atom is 0.291 e. The number of hydrogen-bond donors (Lipinski definition) is 2. The molecule has 0 aliphatic carbocycles. The number of nitrogens with one attached hydrogen (secondary N) is 2. The van der Waals surface area contributed by atoms with Gasteiger partial charge in [0.1, 0.15) is 12.0 Å². The largest absolute Gasteiger partial charge is 0.366 e. The first-order chi connectivity index (χ1) is 9.09. The second-order valence-corrected chi connectivity index (χ2v) is 5.50. The van der Waals surface area contributed by atoms with E-state index in [1.54, 1.807) is 6.92 Å². The topological polar surface area (TPSA) is 80.1 Å². The van der Waals surface area contributed by atoms with Crippen molar-refractivity contribution in [3.8, 4) is 0 Å². The maximum atomic E-state index is 10.8. The third-order valence-corrected chi connectivity index (χ3v) is 4.32. The molecule has 0 radical (unpaired) electrons. The van der Waals surface area contributed by atoms with Crippen LogP contribution in [0.15, 0.2) is 10.7 Å². The molecule has 19 heavy (non-hydrogen) atoms. The molecule has 1 saturated heterocycles.